The van der Waals surface area contributed by atoms with Crippen LogP contribution in [0.2, 0.25) is 5.02 Å². The molecular weight excluding hydrogens is 336 g/mol. The fourth-order valence-electron chi connectivity index (χ4n) is 3.14. The van der Waals surface area contributed by atoms with E-state index in [2.05, 4.69) is 22.2 Å². The summed E-state index contributed by atoms with van der Waals surface area (Å²) in [4.78, 5) is 23.5. The van der Waals surface area contributed by atoms with Crippen molar-refractivity contribution >= 4 is 29.0 Å². The van der Waals surface area contributed by atoms with Crippen molar-refractivity contribution in [2.45, 2.75) is 33.6 Å². The van der Waals surface area contributed by atoms with E-state index in [0.717, 1.165) is 30.8 Å². The number of nitrogens with zero attached hydrogens (tertiary/aromatic N) is 3. The van der Waals surface area contributed by atoms with Gasteiger partial charge < -0.3 is 10.2 Å². The van der Waals surface area contributed by atoms with Gasteiger partial charge in [0.05, 0.1) is 0 Å². The van der Waals surface area contributed by atoms with E-state index in [4.69, 9.17) is 11.6 Å². The molecule has 1 aliphatic heterocycles. The van der Waals surface area contributed by atoms with E-state index in [-0.39, 0.29) is 5.91 Å². The highest BCUT2D eigenvalue weighted by Crippen LogP contribution is 2.24. The molecule has 0 spiro atoms. The van der Waals surface area contributed by atoms with Crippen LogP contribution in [-0.4, -0.2) is 33.9 Å². The second-order valence-corrected chi connectivity index (χ2v) is 7.20. The van der Waals surface area contributed by atoms with Crippen molar-refractivity contribution < 1.29 is 4.79 Å². The van der Waals surface area contributed by atoms with Crippen LogP contribution in [0, 0.1) is 19.8 Å². The molecule has 3 rings (SSSR count). The number of nitrogens with one attached hydrogen (secondary N) is 1. The van der Waals surface area contributed by atoms with Crippen LogP contribution in [-0.2, 0) is 0 Å². The minimum atomic E-state index is -0.0251. The summed E-state index contributed by atoms with van der Waals surface area (Å²) in [5, 5.41) is 3.90. The van der Waals surface area contributed by atoms with E-state index in [1.165, 1.54) is 6.42 Å². The van der Waals surface area contributed by atoms with Gasteiger partial charge in [0, 0.05) is 29.9 Å². The van der Waals surface area contributed by atoms with Crippen LogP contribution in [0.4, 0.5) is 11.5 Å². The SMILES string of the molecule is Cc1nc(Nc2cc(Cl)ccc2C)cc(C(=O)N2CCCC(C)C2)n1. The summed E-state index contributed by atoms with van der Waals surface area (Å²) in [5.74, 6) is 1.68. The highest BCUT2D eigenvalue weighted by Gasteiger charge is 2.23. The first kappa shape index (κ1) is 17.7. The van der Waals surface area contributed by atoms with Crippen molar-refractivity contribution in [1.29, 1.82) is 0 Å². The molecule has 2 aromatic rings. The summed E-state index contributed by atoms with van der Waals surface area (Å²) in [6.45, 7) is 7.56. The normalized spacial score (nSPS) is 17.4. The molecule has 1 aliphatic rings. The van der Waals surface area contributed by atoms with Crippen LogP contribution in [0.1, 0.15) is 41.6 Å². The first-order valence-electron chi connectivity index (χ1n) is 8.60. The molecule has 1 aromatic carbocycles. The van der Waals surface area contributed by atoms with Crippen LogP contribution < -0.4 is 5.32 Å². The number of piperidine rings is 1. The zero-order chi connectivity index (χ0) is 18.0. The summed E-state index contributed by atoms with van der Waals surface area (Å²) >= 11 is 6.08. The molecule has 1 fully saturated rings. The molecule has 0 bridgehead atoms. The van der Waals surface area contributed by atoms with Crippen LogP contribution in [0.15, 0.2) is 24.3 Å². The average molecular weight is 359 g/mol. The van der Waals surface area contributed by atoms with Crippen molar-refractivity contribution in [3.05, 3.63) is 46.4 Å². The Bertz CT molecular complexity index is 793. The molecule has 0 saturated carbocycles. The van der Waals surface area contributed by atoms with Crippen molar-refractivity contribution in [2.24, 2.45) is 5.92 Å². The number of aromatic nitrogens is 2. The zero-order valence-electron chi connectivity index (χ0n) is 14.8. The standard InChI is InChI=1S/C19H23ClN4O/c1-12-5-4-8-24(11-12)19(25)17-10-18(22-14(3)21-17)23-16-9-15(20)7-6-13(16)2/h6-7,9-10,12H,4-5,8,11H2,1-3H3,(H,21,22,23). The summed E-state index contributed by atoms with van der Waals surface area (Å²) in [6.07, 6.45) is 2.22. The van der Waals surface area contributed by atoms with E-state index in [1.807, 2.05) is 30.0 Å². The Morgan fingerprint density at radius 1 is 1.28 bits per heavy atom. The maximum atomic E-state index is 12.8. The van der Waals surface area contributed by atoms with Gasteiger partial charge in [0.1, 0.15) is 17.3 Å². The van der Waals surface area contributed by atoms with Gasteiger partial charge in [-0.2, -0.15) is 0 Å². The lowest BCUT2D eigenvalue weighted by atomic mass is 10.00. The Hall–Kier alpha value is -2.14. The molecule has 0 aliphatic carbocycles. The Morgan fingerprint density at radius 3 is 2.84 bits per heavy atom. The average Bonchev–Trinajstić information content (AvgIpc) is 2.57. The fourth-order valence-corrected chi connectivity index (χ4v) is 3.32. The predicted molar refractivity (Wildman–Crippen MR) is 101 cm³/mol. The van der Waals surface area contributed by atoms with E-state index in [0.29, 0.717) is 28.3 Å². The number of likely N-dealkylation sites (tertiary alicyclic amines) is 1. The Morgan fingerprint density at radius 2 is 2.08 bits per heavy atom. The fraction of sp³-hybridized carbons (Fsp3) is 0.421. The molecule has 6 heteroatoms. The second kappa shape index (κ2) is 7.40. The first-order valence-corrected chi connectivity index (χ1v) is 8.98. The maximum absolute atomic E-state index is 12.8. The smallest absolute Gasteiger partial charge is 0.272 e. The van der Waals surface area contributed by atoms with E-state index in [1.54, 1.807) is 13.0 Å². The van der Waals surface area contributed by atoms with Gasteiger partial charge in [-0.25, -0.2) is 9.97 Å². The molecule has 2 heterocycles. The summed E-state index contributed by atoms with van der Waals surface area (Å²) in [6, 6.07) is 7.36. The third-order valence-corrected chi connectivity index (χ3v) is 4.70. The summed E-state index contributed by atoms with van der Waals surface area (Å²) in [7, 11) is 0. The topological polar surface area (TPSA) is 58.1 Å². The van der Waals surface area contributed by atoms with Crippen molar-refractivity contribution in [3.8, 4) is 0 Å². The minimum Gasteiger partial charge on any atom is -0.340 e. The third-order valence-electron chi connectivity index (χ3n) is 4.46. The van der Waals surface area contributed by atoms with Gasteiger partial charge in [-0.05, 0) is 50.3 Å². The summed E-state index contributed by atoms with van der Waals surface area (Å²) < 4.78 is 0. The number of hydrogen-bond donors (Lipinski definition) is 1. The Balaban J connectivity index is 1.85. The molecule has 1 saturated heterocycles. The number of carbonyl (C=O) groups is 1. The lowest BCUT2D eigenvalue weighted by Crippen LogP contribution is -2.39. The number of carbonyl (C=O) groups excluding carboxylic acids is 1. The second-order valence-electron chi connectivity index (χ2n) is 6.77. The number of aryl methyl sites for hydroxylation is 2. The maximum Gasteiger partial charge on any atom is 0.272 e. The number of benzene rings is 1. The Labute approximate surface area is 153 Å². The number of rotatable bonds is 3. The molecule has 1 unspecified atom stereocenters. The van der Waals surface area contributed by atoms with Crippen molar-refractivity contribution in [2.75, 3.05) is 18.4 Å². The largest absolute Gasteiger partial charge is 0.340 e. The van der Waals surface area contributed by atoms with E-state index >= 15 is 0 Å². The third kappa shape index (κ3) is 4.28. The van der Waals surface area contributed by atoms with Gasteiger partial charge in [-0.15, -0.1) is 0 Å². The van der Waals surface area contributed by atoms with Crippen molar-refractivity contribution in [3.63, 3.8) is 0 Å². The van der Waals surface area contributed by atoms with Crippen LogP contribution >= 0.6 is 11.6 Å². The van der Waals surface area contributed by atoms with Gasteiger partial charge in [-0.3, -0.25) is 4.79 Å². The lowest BCUT2D eigenvalue weighted by Gasteiger charge is -2.30. The van der Waals surface area contributed by atoms with Gasteiger partial charge in [-0.1, -0.05) is 24.6 Å². The molecule has 5 nitrogen and oxygen atoms in total. The molecule has 1 N–H and O–H groups in total. The van der Waals surface area contributed by atoms with Crippen LogP contribution in [0.5, 0.6) is 0 Å². The molecule has 0 radical (unpaired) electrons. The molecule has 1 amide bonds. The highest BCUT2D eigenvalue weighted by atomic mass is 35.5. The quantitative estimate of drug-likeness (QED) is 0.885. The predicted octanol–water partition coefficient (Wildman–Crippen LogP) is 4.36. The monoisotopic (exact) mass is 358 g/mol. The molecular formula is C19H23ClN4O. The zero-order valence-corrected chi connectivity index (χ0v) is 15.6. The van der Waals surface area contributed by atoms with Gasteiger partial charge in [0.15, 0.2) is 0 Å². The molecule has 1 atom stereocenters. The number of anilines is 2. The van der Waals surface area contributed by atoms with E-state index < -0.39 is 0 Å². The Kier molecular flexibility index (Phi) is 5.23. The van der Waals surface area contributed by atoms with E-state index in [9.17, 15) is 4.79 Å². The molecule has 1 aromatic heterocycles. The number of hydrogen-bond acceptors (Lipinski definition) is 4. The molecule has 132 valence electrons. The molecule has 25 heavy (non-hydrogen) atoms. The van der Waals surface area contributed by atoms with Gasteiger partial charge in [0.2, 0.25) is 0 Å². The van der Waals surface area contributed by atoms with Gasteiger partial charge >= 0.3 is 0 Å². The lowest BCUT2D eigenvalue weighted by molar-refractivity contribution is 0.0676. The van der Waals surface area contributed by atoms with Crippen molar-refractivity contribution in [1.82, 2.24) is 14.9 Å². The first-order chi connectivity index (χ1) is 11.9. The van der Waals surface area contributed by atoms with Gasteiger partial charge in [0.25, 0.3) is 5.91 Å². The number of halogens is 1. The summed E-state index contributed by atoms with van der Waals surface area (Å²) in [5.41, 5.74) is 2.36. The minimum absolute atomic E-state index is 0.0251. The van der Waals surface area contributed by atoms with Crippen LogP contribution in [0.25, 0.3) is 0 Å². The van der Waals surface area contributed by atoms with Crippen LogP contribution in [0.3, 0.4) is 0 Å². The number of amides is 1. The highest BCUT2D eigenvalue weighted by molar-refractivity contribution is 6.30.